The SMILES string of the molecule is CC(=O)c1cccc(Nc2nc(C)cc(Nc3c(C)cccc3C)n2)c1. The molecule has 3 rings (SSSR count). The average molecular weight is 346 g/mol. The van der Waals surface area contributed by atoms with Crippen LogP contribution in [0.1, 0.15) is 34.1 Å². The summed E-state index contributed by atoms with van der Waals surface area (Å²) in [5.41, 5.74) is 5.64. The second kappa shape index (κ2) is 7.35. The van der Waals surface area contributed by atoms with E-state index in [4.69, 9.17) is 0 Å². The molecule has 0 spiro atoms. The van der Waals surface area contributed by atoms with Gasteiger partial charge in [-0.3, -0.25) is 4.79 Å². The fourth-order valence-electron chi connectivity index (χ4n) is 2.77. The first-order valence-electron chi connectivity index (χ1n) is 8.49. The van der Waals surface area contributed by atoms with Gasteiger partial charge in [0.25, 0.3) is 0 Å². The highest BCUT2D eigenvalue weighted by molar-refractivity contribution is 5.95. The van der Waals surface area contributed by atoms with E-state index in [2.05, 4.69) is 46.6 Å². The molecule has 0 aliphatic heterocycles. The summed E-state index contributed by atoms with van der Waals surface area (Å²) >= 11 is 0. The first kappa shape index (κ1) is 17.6. The molecule has 0 saturated carbocycles. The van der Waals surface area contributed by atoms with Crippen LogP contribution in [0, 0.1) is 20.8 Å². The molecule has 0 aliphatic rings. The normalized spacial score (nSPS) is 10.5. The van der Waals surface area contributed by atoms with Crippen LogP contribution in [0.25, 0.3) is 0 Å². The fraction of sp³-hybridized carbons (Fsp3) is 0.190. The lowest BCUT2D eigenvalue weighted by Crippen LogP contribution is -2.04. The van der Waals surface area contributed by atoms with E-state index in [1.54, 1.807) is 19.1 Å². The molecular formula is C21H22N4O. The number of benzene rings is 2. The number of nitrogens with zero attached hydrogens (tertiary/aromatic N) is 2. The minimum atomic E-state index is 0.0243. The number of carbonyl (C=O) groups excluding carboxylic acids is 1. The third-order valence-electron chi connectivity index (χ3n) is 4.11. The summed E-state index contributed by atoms with van der Waals surface area (Å²) in [7, 11) is 0. The Labute approximate surface area is 153 Å². The number of aromatic nitrogens is 2. The van der Waals surface area contributed by atoms with Gasteiger partial charge in [-0.1, -0.05) is 30.3 Å². The Balaban J connectivity index is 1.88. The van der Waals surface area contributed by atoms with E-state index in [0.29, 0.717) is 11.5 Å². The molecule has 0 amide bonds. The van der Waals surface area contributed by atoms with Gasteiger partial charge in [0.2, 0.25) is 5.95 Å². The number of nitrogens with one attached hydrogen (secondary N) is 2. The molecule has 0 radical (unpaired) electrons. The van der Waals surface area contributed by atoms with Crippen molar-refractivity contribution in [3.05, 3.63) is 70.9 Å². The number of para-hydroxylation sites is 1. The van der Waals surface area contributed by atoms with Crippen LogP contribution in [-0.4, -0.2) is 15.8 Å². The molecule has 0 unspecified atom stereocenters. The van der Waals surface area contributed by atoms with Crippen LogP contribution in [0.2, 0.25) is 0 Å². The molecule has 1 heterocycles. The lowest BCUT2D eigenvalue weighted by atomic mass is 10.1. The molecule has 0 bridgehead atoms. The predicted octanol–water partition coefficient (Wildman–Crippen LogP) is 5.09. The highest BCUT2D eigenvalue weighted by atomic mass is 16.1. The monoisotopic (exact) mass is 346 g/mol. The van der Waals surface area contributed by atoms with E-state index in [9.17, 15) is 4.79 Å². The van der Waals surface area contributed by atoms with Crippen molar-refractivity contribution < 1.29 is 4.79 Å². The lowest BCUT2D eigenvalue weighted by molar-refractivity contribution is 0.101. The molecule has 5 nitrogen and oxygen atoms in total. The van der Waals surface area contributed by atoms with Crippen molar-refractivity contribution in [2.75, 3.05) is 10.6 Å². The molecule has 5 heteroatoms. The minimum Gasteiger partial charge on any atom is -0.340 e. The first-order chi connectivity index (χ1) is 12.4. The summed E-state index contributed by atoms with van der Waals surface area (Å²) in [4.78, 5) is 20.6. The van der Waals surface area contributed by atoms with Crippen LogP contribution >= 0.6 is 0 Å². The predicted molar refractivity (Wildman–Crippen MR) is 106 cm³/mol. The highest BCUT2D eigenvalue weighted by Crippen LogP contribution is 2.25. The second-order valence-corrected chi connectivity index (χ2v) is 6.37. The summed E-state index contributed by atoms with van der Waals surface area (Å²) in [5, 5.41) is 6.57. The van der Waals surface area contributed by atoms with Gasteiger partial charge >= 0.3 is 0 Å². The molecule has 2 N–H and O–H groups in total. The van der Waals surface area contributed by atoms with Crippen LogP contribution < -0.4 is 10.6 Å². The molecule has 1 aromatic heterocycles. The minimum absolute atomic E-state index is 0.0243. The van der Waals surface area contributed by atoms with E-state index >= 15 is 0 Å². The Hall–Kier alpha value is -3.21. The van der Waals surface area contributed by atoms with Gasteiger partial charge in [0, 0.05) is 28.7 Å². The van der Waals surface area contributed by atoms with Crippen LogP contribution in [0.4, 0.5) is 23.1 Å². The zero-order valence-corrected chi connectivity index (χ0v) is 15.4. The van der Waals surface area contributed by atoms with Crippen molar-refractivity contribution in [3.63, 3.8) is 0 Å². The van der Waals surface area contributed by atoms with Crippen LogP contribution in [0.3, 0.4) is 0 Å². The molecule has 0 saturated heterocycles. The first-order valence-corrected chi connectivity index (χ1v) is 8.49. The van der Waals surface area contributed by atoms with Gasteiger partial charge in [0.1, 0.15) is 5.82 Å². The summed E-state index contributed by atoms with van der Waals surface area (Å²) in [6.07, 6.45) is 0. The second-order valence-electron chi connectivity index (χ2n) is 6.37. The quantitative estimate of drug-likeness (QED) is 0.630. The Morgan fingerprint density at radius 2 is 1.58 bits per heavy atom. The fourth-order valence-corrected chi connectivity index (χ4v) is 2.77. The van der Waals surface area contributed by atoms with Crippen molar-refractivity contribution in [3.8, 4) is 0 Å². The number of carbonyl (C=O) groups is 1. The summed E-state index contributed by atoms with van der Waals surface area (Å²) in [6, 6.07) is 15.4. The Morgan fingerprint density at radius 3 is 2.27 bits per heavy atom. The summed E-state index contributed by atoms with van der Waals surface area (Å²) < 4.78 is 0. The number of aryl methyl sites for hydroxylation is 3. The maximum absolute atomic E-state index is 11.6. The van der Waals surface area contributed by atoms with Crippen molar-refractivity contribution in [1.29, 1.82) is 0 Å². The maximum Gasteiger partial charge on any atom is 0.229 e. The van der Waals surface area contributed by atoms with Crippen LogP contribution in [0.15, 0.2) is 48.5 Å². The zero-order chi connectivity index (χ0) is 18.7. The lowest BCUT2D eigenvalue weighted by Gasteiger charge is -2.14. The van der Waals surface area contributed by atoms with Crippen molar-refractivity contribution in [2.45, 2.75) is 27.7 Å². The molecule has 3 aromatic rings. The average Bonchev–Trinajstić information content (AvgIpc) is 2.58. The molecule has 0 fully saturated rings. The van der Waals surface area contributed by atoms with Gasteiger partial charge in [-0.2, -0.15) is 4.98 Å². The van der Waals surface area contributed by atoms with Crippen molar-refractivity contribution in [1.82, 2.24) is 9.97 Å². The van der Waals surface area contributed by atoms with Gasteiger partial charge in [-0.15, -0.1) is 0 Å². The van der Waals surface area contributed by atoms with Gasteiger partial charge in [0.05, 0.1) is 0 Å². The zero-order valence-electron chi connectivity index (χ0n) is 15.4. The number of Topliss-reactive ketones (excluding diaryl/α,β-unsaturated/α-hetero) is 1. The van der Waals surface area contributed by atoms with E-state index in [1.165, 1.54) is 0 Å². The van der Waals surface area contributed by atoms with Gasteiger partial charge < -0.3 is 10.6 Å². The van der Waals surface area contributed by atoms with E-state index in [-0.39, 0.29) is 5.78 Å². The Morgan fingerprint density at radius 1 is 0.885 bits per heavy atom. The van der Waals surface area contributed by atoms with Gasteiger partial charge in [-0.05, 0) is 51.0 Å². The number of hydrogen-bond donors (Lipinski definition) is 2. The molecular weight excluding hydrogens is 324 g/mol. The number of ketones is 1. The van der Waals surface area contributed by atoms with Crippen molar-refractivity contribution in [2.24, 2.45) is 0 Å². The largest absolute Gasteiger partial charge is 0.340 e. The smallest absolute Gasteiger partial charge is 0.229 e. The van der Waals surface area contributed by atoms with Crippen LogP contribution in [0.5, 0.6) is 0 Å². The molecule has 132 valence electrons. The summed E-state index contributed by atoms with van der Waals surface area (Å²) in [5.74, 6) is 1.23. The van der Waals surface area contributed by atoms with E-state index < -0.39 is 0 Å². The third-order valence-corrected chi connectivity index (χ3v) is 4.11. The summed E-state index contributed by atoms with van der Waals surface area (Å²) in [6.45, 7) is 7.61. The van der Waals surface area contributed by atoms with Gasteiger partial charge in [0.15, 0.2) is 5.78 Å². The highest BCUT2D eigenvalue weighted by Gasteiger charge is 2.08. The van der Waals surface area contributed by atoms with E-state index in [0.717, 1.165) is 34.0 Å². The number of hydrogen-bond acceptors (Lipinski definition) is 5. The van der Waals surface area contributed by atoms with E-state index in [1.807, 2.05) is 31.2 Å². The Bertz CT molecular complexity index is 946. The van der Waals surface area contributed by atoms with Crippen molar-refractivity contribution >= 4 is 28.9 Å². The molecule has 2 aromatic carbocycles. The maximum atomic E-state index is 11.6. The topological polar surface area (TPSA) is 66.9 Å². The molecule has 0 atom stereocenters. The Kier molecular flexibility index (Phi) is 4.98. The molecule has 0 aliphatic carbocycles. The number of rotatable bonds is 5. The van der Waals surface area contributed by atoms with Crippen LogP contribution in [-0.2, 0) is 0 Å². The third kappa shape index (κ3) is 4.06. The van der Waals surface area contributed by atoms with Gasteiger partial charge in [-0.25, -0.2) is 4.98 Å². The molecule has 26 heavy (non-hydrogen) atoms. The number of anilines is 4. The standard InChI is InChI=1S/C21H22N4O/c1-13-7-5-8-14(2)20(13)24-19-11-15(3)22-21(25-19)23-18-10-6-9-17(12-18)16(4)26/h5-12H,1-4H3,(H2,22,23,24,25).